The second-order valence-corrected chi connectivity index (χ2v) is 7.73. The van der Waals surface area contributed by atoms with Crippen molar-refractivity contribution >= 4 is 28.6 Å². The van der Waals surface area contributed by atoms with Gasteiger partial charge in [0.05, 0.1) is 12.6 Å². The average Bonchev–Trinajstić information content (AvgIpc) is 3.18. The molecule has 5 heteroatoms. The van der Waals surface area contributed by atoms with Gasteiger partial charge in [-0.1, -0.05) is 13.0 Å². The molecule has 3 heterocycles. The van der Waals surface area contributed by atoms with Gasteiger partial charge in [-0.15, -0.1) is 22.7 Å². The summed E-state index contributed by atoms with van der Waals surface area (Å²) < 4.78 is 0. The summed E-state index contributed by atoms with van der Waals surface area (Å²) in [7, 11) is 0. The molecule has 1 amide bonds. The fourth-order valence-electron chi connectivity index (χ4n) is 3.20. The molecule has 0 bridgehead atoms. The van der Waals surface area contributed by atoms with Crippen LogP contribution in [0.25, 0.3) is 0 Å². The van der Waals surface area contributed by atoms with Gasteiger partial charge in [0.15, 0.2) is 0 Å². The molecule has 22 heavy (non-hydrogen) atoms. The standard InChI is InChI=1S/C17H22N2OS2/c1-3-14-13-7-10-22-16(13)6-8-19(14)11-17(20)18-12(2)15-5-4-9-21-15/h4-5,7,9-10,12,14H,3,6,8,11H2,1-2H3,(H,18,20). The van der Waals surface area contributed by atoms with Gasteiger partial charge < -0.3 is 5.32 Å². The van der Waals surface area contributed by atoms with E-state index in [0.717, 1.165) is 19.4 Å². The van der Waals surface area contributed by atoms with Gasteiger partial charge in [-0.05, 0) is 48.2 Å². The van der Waals surface area contributed by atoms with Crippen LogP contribution in [-0.2, 0) is 11.2 Å². The lowest BCUT2D eigenvalue weighted by atomic mass is 9.98. The molecule has 0 fully saturated rings. The van der Waals surface area contributed by atoms with Crippen LogP contribution in [0.5, 0.6) is 0 Å². The maximum Gasteiger partial charge on any atom is 0.234 e. The maximum absolute atomic E-state index is 12.4. The molecule has 0 saturated heterocycles. The van der Waals surface area contributed by atoms with E-state index in [2.05, 4.69) is 34.7 Å². The van der Waals surface area contributed by atoms with E-state index in [9.17, 15) is 4.79 Å². The van der Waals surface area contributed by atoms with Crippen LogP contribution in [0.1, 0.15) is 47.7 Å². The second kappa shape index (κ2) is 6.94. The lowest BCUT2D eigenvalue weighted by molar-refractivity contribution is -0.123. The molecule has 0 radical (unpaired) electrons. The number of hydrogen-bond acceptors (Lipinski definition) is 4. The number of carbonyl (C=O) groups is 1. The summed E-state index contributed by atoms with van der Waals surface area (Å²) in [5, 5.41) is 7.35. The van der Waals surface area contributed by atoms with Crippen molar-refractivity contribution in [3.05, 3.63) is 44.3 Å². The summed E-state index contributed by atoms with van der Waals surface area (Å²) in [6.07, 6.45) is 2.12. The molecule has 1 N–H and O–H groups in total. The minimum absolute atomic E-state index is 0.0917. The highest BCUT2D eigenvalue weighted by atomic mass is 32.1. The molecule has 0 aliphatic carbocycles. The number of carbonyl (C=O) groups excluding carboxylic acids is 1. The molecule has 1 aliphatic heterocycles. The van der Waals surface area contributed by atoms with Gasteiger partial charge in [0.1, 0.15) is 0 Å². The topological polar surface area (TPSA) is 32.3 Å². The van der Waals surface area contributed by atoms with Crippen molar-refractivity contribution < 1.29 is 4.79 Å². The van der Waals surface area contributed by atoms with E-state index in [1.807, 2.05) is 29.7 Å². The number of fused-ring (bicyclic) bond motifs is 1. The first kappa shape index (κ1) is 15.7. The fraction of sp³-hybridized carbons (Fsp3) is 0.471. The third kappa shape index (κ3) is 3.26. The highest BCUT2D eigenvalue weighted by Gasteiger charge is 2.28. The van der Waals surface area contributed by atoms with Gasteiger partial charge >= 0.3 is 0 Å². The van der Waals surface area contributed by atoms with Gasteiger partial charge in [0.2, 0.25) is 5.91 Å². The molecule has 0 aromatic carbocycles. The van der Waals surface area contributed by atoms with E-state index in [1.165, 1.54) is 15.3 Å². The van der Waals surface area contributed by atoms with Crippen LogP contribution in [0.3, 0.4) is 0 Å². The third-order valence-electron chi connectivity index (χ3n) is 4.29. The van der Waals surface area contributed by atoms with Crippen LogP contribution in [0.15, 0.2) is 29.0 Å². The van der Waals surface area contributed by atoms with Crippen molar-refractivity contribution in [2.45, 2.75) is 38.8 Å². The summed E-state index contributed by atoms with van der Waals surface area (Å²) in [4.78, 5) is 17.4. The molecular formula is C17H22N2OS2. The van der Waals surface area contributed by atoms with E-state index >= 15 is 0 Å². The molecular weight excluding hydrogens is 312 g/mol. The zero-order valence-corrected chi connectivity index (χ0v) is 14.7. The van der Waals surface area contributed by atoms with Crippen LogP contribution in [0.4, 0.5) is 0 Å². The van der Waals surface area contributed by atoms with E-state index in [-0.39, 0.29) is 11.9 Å². The normalized spacial score (nSPS) is 19.6. The van der Waals surface area contributed by atoms with Crippen LogP contribution >= 0.6 is 22.7 Å². The number of nitrogens with zero attached hydrogens (tertiary/aromatic N) is 1. The van der Waals surface area contributed by atoms with Crippen molar-refractivity contribution in [1.29, 1.82) is 0 Å². The Morgan fingerprint density at radius 1 is 1.41 bits per heavy atom. The Labute approximate surface area is 140 Å². The molecule has 2 aromatic rings. The summed E-state index contributed by atoms with van der Waals surface area (Å²) in [5.41, 5.74) is 1.43. The Hall–Kier alpha value is -1.17. The molecule has 1 aliphatic rings. The largest absolute Gasteiger partial charge is 0.348 e. The number of rotatable bonds is 5. The monoisotopic (exact) mass is 334 g/mol. The van der Waals surface area contributed by atoms with Crippen LogP contribution < -0.4 is 5.32 Å². The smallest absolute Gasteiger partial charge is 0.234 e. The highest BCUT2D eigenvalue weighted by molar-refractivity contribution is 7.10. The van der Waals surface area contributed by atoms with Gasteiger partial charge in [-0.3, -0.25) is 9.69 Å². The predicted octanol–water partition coefficient (Wildman–Crippen LogP) is 4.00. The fourth-order valence-corrected chi connectivity index (χ4v) is 4.86. The Kier molecular flexibility index (Phi) is 4.96. The lowest BCUT2D eigenvalue weighted by Gasteiger charge is -2.35. The minimum Gasteiger partial charge on any atom is -0.348 e. The molecule has 2 aromatic heterocycles. The third-order valence-corrected chi connectivity index (χ3v) is 6.34. The van der Waals surface area contributed by atoms with Gasteiger partial charge in [-0.25, -0.2) is 0 Å². The maximum atomic E-state index is 12.4. The molecule has 3 nitrogen and oxygen atoms in total. The van der Waals surface area contributed by atoms with Crippen LogP contribution in [0, 0.1) is 0 Å². The summed E-state index contributed by atoms with van der Waals surface area (Å²) in [5.74, 6) is 0.123. The van der Waals surface area contributed by atoms with Crippen molar-refractivity contribution in [3.63, 3.8) is 0 Å². The van der Waals surface area contributed by atoms with Crippen molar-refractivity contribution in [2.75, 3.05) is 13.1 Å². The number of thiophene rings is 2. The molecule has 2 atom stereocenters. The Morgan fingerprint density at radius 2 is 2.27 bits per heavy atom. The SMILES string of the molecule is CCC1c2ccsc2CCN1CC(=O)NC(C)c1cccs1. The second-order valence-electron chi connectivity index (χ2n) is 5.75. The first-order valence-corrected chi connectivity index (χ1v) is 9.58. The first-order chi connectivity index (χ1) is 10.7. The highest BCUT2D eigenvalue weighted by Crippen LogP contribution is 2.34. The summed E-state index contributed by atoms with van der Waals surface area (Å²) in [6, 6.07) is 6.81. The Morgan fingerprint density at radius 3 is 3.00 bits per heavy atom. The first-order valence-electron chi connectivity index (χ1n) is 7.82. The number of hydrogen-bond donors (Lipinski definition) is 1. The van der Waals surface area contributed by atoms with Crippen molar-refractivity contribution in [1.82, 2.24) is 10.2 Å². The molecule has 2 unspecified atom stereocenters. The van der Waals surface area contributed by atoms with E-state index in [1.54, 1.807) is 11.3 Å². The van der Waals surface area contributed by atoms with Gasteiger partial charge in [0, 0.05) is 22.3 Å². The number of nitrogens with one attached hydrogen (secondary N) is 1. The predicted molar refractivity (Wildman–Crippen MR) is 93.5 cm³/mol. The van der Waals surface area contributed by atoms with Crippen molar-refractivity contribution in [3.8, 4) is 0 Å². The lowest BCUT2D eigenvalue weighted by Crippen LogP contribution is -2.42. The van der Waals surface area contributed by atoms with Gasteiger partial charge in [0.25, 0.3) is 0 Å². The summed E-state index contributed by atoms with van der Waals surface area (Å²) >= 11 is 3.54. The molecule has 0 saturated carbocycles. The molecule has 118 valence electrons. The summed E-state index contributed by atoms with van der Waals surface area (Å²) in [6.45, 7) is 5.72. The van der Waals surface area contributed by atoms with E-state index in [4.69, 9.17) is 0 Å². The number of amides is 1. The molecule has 3 rings (SSSR count). The Bertz CT molecular complexity index is 620. The van der Waals surface area contributed by atoms with Crippen LogP contribution in [0.2, 0.25) is 0 Å². The van der Waals surface area contributed by atoms with Gasteiger partial charge in [-0.2, -0.15) is 0 Å². The van der Waals surface area contributed by atoms with Crippen LogP contribution in [-0.4, -0.2) is 23.9 Å². The van der Waals surface area contributed by atoms with E-state index in [0.29, 0.717) is 12.6 Å². The zero-order chi connectivity index (χ0) is 15.5. The average molecular weight is 335 g/mol. The Balaban J connectivity index is 1.62. The van der Waals surface area contributed by atoms with E-state index < -0.39 is 0 Å². The zero-order valence-electron chi connectivity index (χ0n) is 13.0. The molecule has 0 spiro atoms. The quantitative estimate of drug-likeness (QED) is 0.896. The van der Waals surface area contributed by atoms with Crippen molar-refractivity contribution in [2.24, 2.45) is 0 Å². The minimum atomic E-state index is 0.0917.